The number of halogens is 1. The molecule has 0 saturated heterocycles. The molecule has 0 fully saturated rings. The van der Waals surface area contributed by atoms with Crippen molar-refractivity contribution in [2.45, 2.75) is 6.92 Å². The van der Waals surface area contributed by atoms with Crippen molar-refractivity contribution >= 4 is 27.6 Å². The Morgan fingerprint density at radius 3 is 2.90 bits per heavy atom. The molecule has 0 aliphatic heterocycles. The number of hydrogen-bond donors (Lipinski definition) is 0. The van der Waals surface area contributed by atoms with Crippen LogP contribution in [0.2, 0.25) is 0 Å². The summed E-state index contributed by atoms with van der Waals surface area (Å²) in [7, 11) is 0. The maximum absolute atomic E-state index is 11.7. The number of nitrogens with zero attached hydrogens (tertiary/aromatic N) is 3. The van der Waals surface area contributed by atoms with E-state index in [0.717, 1.165) is 4.47 Å². The number of esters is 1. The van der Waals surface area contributed by atoms with E-state index in [-0.39, 0.29) is 18.0 Å². The molecule has 0 N–H and O–H groups in total. The van der Waals surface area contributed by atoms with Gasteiger partial charge in [-0.2, -0.15) is 5.10 Å². The van der Waals surface area contributed by atoms with E-state index < -0.39 is 10.9 Å². The highest BCUT2D eigenvalue weighted by Crippen LogP contribution is 2.22. The normalized spacial score (nSPS) is 10.3. The molecular weight excluding hydrogens is 330 g/mol. The van der Waals surface area contributed by atoms with Gasteiger partial charge in [0, 0.05) is 4.47 Å². The van der Waals surface area contributed by atoms with E-state index in [1.807, 2.05) is 6.07 Å². The third-order valence-corrected chi connectivity index (χ3v) is 2.93. The molecule has 0 amide bonds. The van der Waals surface area contributed by atoms with Gasteiger partial charge in [-0.05, 0) is 25.1 Å². The van der Waals surface area contributed by atoms with Crippen molar-refractivity contribution in [1.82, 2.24) is 9.78 Å². The van der Waals surface area contributed by atoms with Gasteiger partial charge < -0.3 is 4.74 Å². The molecule has 20 heavy (non-hydrogen) atoms. The summed E-state index contributed by atoms with van der Waals surface area (Å²) in [6.45, 7) is 1.74. The van der Waals surface area contributed by atoms with E-state index in [1.54, 1.807) is 25.1 Å². The second-order valence-electron chi connectivity index (χ2n) is 3.76. The summed E-state index contributed by atoms with van der Waals surface area (Å²) < 4.78 is 6.83. The number of rotatable bonds is 4. The number of hydrogen-bond acceptors (Lipinski definition) is 5. The first kappa shape index (κ1) is 14.2. The topological polar surface area (TPSA) is 87.3 Å². The van der Waals surface area contributed by atoms with E-state index >= 15 is 0 Å². The summed E-state index contributed by atoms with van der Waals surface area (Å²) in [4.78, 5) is 22.0. The minimum absolute atomic E-state index is 0.125. The van der Waals surface area contributed by atoms with Crippen LogP contribution in [0, 0.1) is 10.1 Å². The lowest BCUT2D eigenvalue weighted by Crippen LogP contribution is -2.08. The minimum Gasteiger partial charge on any atom is -0.461 e. The van der Waals surface area contributed by atoms with Crippen molar-refractivity contribution in [3.63, 3.8) is 0 Å². The first-order valence-corrected chi connectivity index (χ1v) is 6.49. The molecule has 0 radical (unpaired) electrons. The summed E-state index contributed by atoms with van der Waals surface area (Å²) in [5.74, 6) is -0.812. The molecule has 2 rings (SSSR count). The molecule has 0 saturated carbocycles. The van der Waals surface area contributed by atoms with Crippen LogP contribution in [0.4, 0.5) is 5.69 Å². The summed E-state index contributed by atoms with van der Waals surface area (Å²) in [6.07, 6.45) is 1.19. The van der Waals surface area contributed by atoms with Crippen LogP contribution in [0.15, 0.2) is 34.9 Å². The molecule has 2 aromatic rings. The zero-order valence-corrected chi connectivity index (χ0v) is 12.0. The largest absolute Gasteiger partial charge is 0.461 e. The van der Waals surface area contributed by atoms with Gasteiger partial charge in [0.1, 0.15) is 6.20 Å². The number of aromatic nitrogens is 2. The summed E-state index contributed by atoms with van der Waals surface area (Å²) in [6, 6.07) is 7.02. The summed E-state index contributed by atoms with van der Waals surface area (Å²) >= 11 is 3.30. The molecule has 104 valence electrons. The van der Waals surface area contributed by atoms with Crippen LogP contribution in [0.5, 0.6) is 0 Å². The van der Waals surface area contributed by atoms with E-state index in [4.69, 9.17) is 4.74 Å². The number of ether oxygens (including phenoxy) is 1. The van der Waals surface area contributed by atoms with Gasteiger partial charge in [0.05, 0.1) is 17.2 Å². The summed E-state index contributed by atoms with van der Waals surface area (Å²) in [5, 5.41) is 14.9. The number of benzene rings is 1. The predicted molar refractivity (Wildman–Crippen MR) is 73.9 cm³/mol. The van der Waals surface area contributed by atoms with Crippen molar-refractivity contribution in [3.8, 4) is 5.69 Å². The highest BCUT2D eigenvalue weighted by atomic mass is 79.9. The maximum atomic E-state index is 11.7. The average Bonchev–Trinajstić information content (AvgIpc) is 2.84. The third kappa shape index (κ3) is 2.85. The lowest BCUT2D eigenvalue weighted by molar-refractivity contribution is -0.385. The molecule has 1 heterocycles. The Kier molecular flexibility index (Phi) is 4.14. The SMILES string of the molecule is CCOC(=O)c1nn(-c2cccc(Br)c2)cc1[N+](=O)[O-]. The minimum atomic E-state index is -0.812. The lowest BCUT2D eigenvalue weighted by atomic mass is 10.3. The molecule has 0 aliphatic rings. The van der Waals surface area contributed by atoms with Gasteiger partial charge in [-0.25, -0.2) is 9.48 Å². The van der Waals surface area contributed by atoms with Crippen molar-refractivity contribution in [2.75, 3.05) is 6.61 Å². The van der Waals surface area contributed by atoms with Gasteiger partial charge in [0.2, 0.25) is 5.69 Å². The van der Waals surface area contributed by atoms with E-state index in [2.05, 4.69) is 21.0 Å². The third-order valence-electron chi connectivity index (χ3n) is 2.43. The van der Waals surface area contributed by atoms with Gasteiger partial charge in [-0.1, -0.05) is 22.0 Å². The fourth-order valence-corrected chi connectivity index (χ4v) is 1.98. The number of carbonyl (C=O) groups excluding carboxylic acids is 1. The van der Waals surface area contributed by atoms with Crippen molar-refractivity contribution in [2.24, 2.45) is 0 Å². The highest BCUT2D eigenvalue weighted by Gasteiger charge is 2.27. The predicted octanol–water partition coefficient (Wildman–Crippen LogP) is 2.72. The Bertz CT molecular complexity index is 668. The summed E-state index contributed by atoms with van der Waals surface area (Å²) in [5.41, 5.74) is -0.0988. The average molecular weight is 340 g/mol. The first-order valence-electron chi connectivity index (χ1n) is 5.70. The van der Waals surface area contributed by atoms with E-state index in [9.17, 15) is 14.9 Å². The zero-order chi connectivity index (χ0) is 14.7. The fraction of sp³-hybridized carbons (Fsp3) is 0.167. The maximum Gasteiger partial charge on any atom is 0.366 e. The molecular formula is C12H10BrN3O4. The van der Waals surface area contributed by atoms with Crippen LogP contribution >= 0.6 is 15.9 Å². The molecule has 0 unspecified atom stereocenters. The van der Waals surface area contributed by atoms with Crippen LogP contribution in [0.3, 0.4) is 0 Å². The van der Waals surface area contributed by atoms with Crippen LogP contribution in [-0.4, -0.2) is 27.3 Å². The Hall–Kier alpha value is -2.22. The van der Waals surface area contributed by atoms with E-state index in [0.29, 0.717) is 5.69 Å². The fourth-order valence-electron chi connectivity index (χ4n) is 1.59. The molecule has 0 atom stereocenters. The molecule has 0 spiro atoms. The van der Waals surface area contributed by atoms with Gasteiger partial charge in [0.15, 0.2) is 0 Å². The second-order valence-corrected chi connectivity index (χ2v) is 4.68. The molecule has 0 aliphatic carbocycles. The second kappa shape index (κ2) is 5.83. The van der Waals surface area contributed by atoms with Crippen LogP contribution in [0.1, 0.15) is 17.4 Å². The van der Waals surface area contributed by atoms with Crippen LogP contribution < -0.4 is 0 Å². The highest BCUT2D eigenvalue weighted by molar-refractivity contribution is 9.10. The van der Waals surface area contributed by atoms with Gasteiger partial charge >= 0.3 is 11.7 Å². The number of carbonyl (C=O) groups is 1. The first-order chi connectivity index (χ1) is 9.52. The molecule has 0 bridgehead atoms. The van der Waals surface area contributed by atoms with Gasteiger partial charge in [0.25, 0.3) is 0 Å². The smallest absolute Gasteiger partial charge is 0.366 e. The van der Waals surface area contributed by atoms with Gasteiger partial charge in [-0.3, -0.25) is 10.1 Å². The Morgan fingerprint density at radius 2 is 2.30 bits per heavy atom. The van der Waals surface area contributed by atoms with Gasteiger partial charge in [-0.15, -0.1) is 0 Å². The lowest BCUT2D eigenvalue weighted by Gasteiger charge is -2.00. The number of nitro groups is 1. The van der Waals surface area contributed by atoms with Crippen LogP contribution in [-0.2, 0) is 4.74 Å². The zero-order valence-electron chi connectivity index (χ0n) is 10.4. The van der Waals surface area contributed by atoms with E-state index in [1.165, 1.54) is 10.9 Å². The van der Waals surface area contributed by atoms with Crippen molar-refractivity contribution in [3.05, 3.63) is 50.7 Å². The molecule has 8 heteroatoms. The Balaban J connectivity index is 2.49. The standard InChI is InChI=1S/C12H10BrN3O4/c1-2-20-12(17)11-10(16(18)19)7-15(14-11)9-5-3-4-8(13)6-9/h3-7H,2H2,1H3. The Morgan fingerprint density at radius 1 is 1.55 bits per heavy atom. The molecule has 1 aromatic heterocycles. The Labute approximate surface area is 122 Å². The van der Waals surface area contributed by atoms with Crippen LogP contribution in [0.25, 0.3) is 5.69 Å². The molecule has 1 aromatic carbocycles. The quantitative estimate of drug-likeness (QED) is 0.485. The van der Waals surface area contributed by atoms with Crippen molar-refractivity contribution in [1.29, 1.82) is 0 Å². The monoisotopic (exact) mass is 339 g/mol. The van der Waals surface area contributed by atoms with Crippen molar-refractivity contribution < 1.29 is 14.5 Å². The molecule has 7 nitrogen and oxygen atoms in total.